The van der Waals surface area contributed by atoms with Gasteiger partial charge in [-0.25, -0.2) is 0 Å². The molecule has 0 saturated heterocycles. The van der Waals surface area contributed by atoms with Crippen LogP contribution in [0.15, 0.2) is 12.2 Å². The van der Waals surface area contributed by atoms with Crippen molar-refractivity contribution in [2.75, 3.05) is 0 Å². The SMILES string of the molecule is C=C(C)[C@H](O)CC[C@](C)(O)[C@H]1CC[C@]2(C)[C@@H]1[C@H](O)C[C@@H]1[C@@]3(C)CC[C@H](O)C(C)(C)[C@@H]3[C@@H](O)C[C@]12C. The predicted octanol–water partition coefficient (Wildman–Crippen LogP) is 4.44. The topological polar surface area (TPSA) is 101 Å². The Balaban J connectivity index is 1.68. The maximum atomic E-state index is 11.8. The first kappa shape index (κ1) is 27.6. The van der Waals surface area contributed by atoms with E-state index >= 15 is 0 Å². The first-order chi connectivity index (χ1) is 15.9. The van der Waals surface area contributed by atoms with Crippen LogP contribution in [0.5, 0.6) is 0 Å². The second-order valence-corrected chi connectivity index (χ2v) is 14.8. The number of aliphatic hydroxyl groups is 5. The Labute approximate surface area is 213 Å². The molecule has 0 spiro atoms. The van der Waals surface area contributed by atoms with Gasteiger partial charge in [-0.2, -0.15) is 0 Å². The van der Waals surface area contributed by atoms with Crippen molar-refractivity contribution >= 4 is 0 Å². The van der Waals surface area contributed by atoms with E-state index in [9.17, 15) is 25.5 Å². The lowest BCUT2D eigenvalue weighted by Crippen LogP contribution is -2.69. The van der Waals surface area contributed by atoms with E-state index in [2.05, 4.69) is 41.2 Å². The molecule has 5 N–H and O–H groups in total. The highest BCUT2D eigenvalue weighted by atomic mass is 16.3. The maximum absolute atomic E-state index is 11.8. The van der Waals surface area contributed by atoms with E-state index in [4.69, 9.17) is 0 Å². The standard InChI is InChI=1S/C30H52O5/c1-17(2)19(31)10-14-30(8,35)18-9-13-28(6)24(18)20(32)15-22-27(5)12-11-23(34)26(3,4)25(27)21(33)16-29(22,28)7/h18-25,31-35H,1,9-16H2,2-8H3/t18-,19+,20+,21-,22+,23-,24-,25-,27+,28+,29+,30-/m0/s1. The van der Waals surface area contributed by atoms with Crippen LogP contribution in [0.2, 0.25) is 0 Å². The highest BCUT2D eigenvalue weighted by Gasteiger charge is 2.72. The predicted molar refractivity (Wildman–Crippen MR) is 138 cm³/mol. The molecule has 4 aliphatic carbocycles. The molecule has 5 heteroatoms. The monoisotopic (exact) mass is 492 g/mol. The molecule has 5 nitrogen and oxygen atoms in total. The highest BCUT2D eigenvalue weighted by Crippen LogP contribution is 2.75. The van der Waals surface area contributed by atoms with Crippen molar-refractivity contribution in [1.82, 2.24) is 0 Å². The number of hydrogen-bond donors (Lipinski definition) is 5. The molecule has 0 aromatic heterocycles. The third kappa shape index (κ3) is 3.81. The molecule has 0 unspecified atom stereocenters. The highest BCUT2D eigenvalue weighted by molar-refractivity contribution is 5.21. The molecule has 4 aliphatic rings. The van der Waals surface area contributed by atoms with Crippen molar-refractivity contribution in [3.8, 4) is 0 Å². The normalized spacial score (nSPS) is 51.5. The van der Waals surface area contributed by atoms with Gasteiger partial charge in [0.2, 0.25) is 0 Å². The lowest BCUT2D eigenvalue weighted by atomic mass is 9.34. The lowest BCUT2D eigenvalue weighted by Gasteiger charge is -2.71. The van der Waals surface area contributed by atoms with E-state index in [0.717, 1.165) is 25.7 Å². The van der Waals surface area contributed by atoms with Gasteiger partial charge in [-0.05, 0) is 111 Å². The van der Waals surface area contributed by atoms with E-state index in [1.807, 2.05) is 13.8 Å². The Morgan fingerprint density at radius 2 is 1.63 bits per heavy atom. The molecular weight excluding hydrogens is 440 g/mol. The largest absolute Gasteiger partial charge is 0.393 e. The fraction of sp³-hybridized carbons (Fsp3) is 0.933. The smallest absolute Gasteiger partial charge is 0.0745 e. The van der Waals surface area contributed by atoms with Crippen molar-refractivity contribution in [2.24, 2.45) is 45.3 Å². The number of fused-ring (bicyclic) bond motifs is 5. The fourth-order valence-electron chi connectivity index (χ4n) is 10.5. The molecule has 0 aromatic rings. The number of hydrogen-bond acceptors (Lipinski definition) is 5. The Morgan fingerprint density at radius 1 is 1.00 bits per heavy atom. The minimum absolute atomic E-state index is 0.00638. The second kappa shape index (κ2) is 8.53. The summed E-state index contributed by atoms with van der Waals surface area (Å²) >= 11 is 0. The van der Waals surface area contributed by atoms with Gasteiger partial charge < -0.3 is 25.5 Å². The average Bonchev–Trinajstić information content (AvgIpc) is 3.12. The van der Waals surface area contributed by atoms with Crippen LogP contribution in [-0.4, -0.2) is 55.5 Å². The molecule has 4 saturated carbocycles. The number of aliphatic hydroxyl groups excluding tert-OH is 4. The molecule has 4 fully saturated rings. The molecule has 0 amide bonds. The molecule has 0 aromatic carbocycles. The molecule has 0 heterocycles. The molecule has 35 heavy (non-hydrogen) atoms. The molecule has 0 aliphatic heterocycles. The first-order valence-electron chi connectivity index (χ1n) is 14.0. The van der Waals surface area contributed by atoms with Crippen LogP contribution in [0.1, 0.15) is 99.8 Å². The van der Waals surface area contributed by atoms with E-state index in [1.165, 1.54) is 0 Å². The summed E-state index contributed by atoms with van der Waals surface area (Å²) in [5, 5.41) is 56.3. The van der Waals surface area contributed by atoms with Crippen LogP contribution in [0.25, 0.3) is 0 Å². The Hall–Kier alpha value is -0.460. The minimum atomic E-state index is -0.986. The molecule has 0 bridgehead atoms. The Kier molecular flexibility index (Phi) is 6.72. The van der Waals surface area contributed by atoms with Gasteiger partial charge in [0, 0.05) is 0 Å². The molecule has 12 atom stereocenters. The Morgan fingerprint density at radius 3 is 2.23 bits per heavy atom. The zero-order valence-corrected chi connectivity index (χ0v) is 23.2. The van der Waals surface area contributed by atoms with Gasteiger partial charge in [-0.1, -0.05) is 46.8 Å². The number of rotatable bonds is 5. The van der Waals surface area contributed by atoms with Crippen molar-refractivity contribution < 1.29 is 25.5 Å². The van der Waals surface area contributed by atoms with E-state index in [-0.39, 0.29) is 45.3 Å². The molecule has 202 valence electrons. The Bertz CT molecular complexity index is 837. The summed E-state index contributed by atoms with van der Waals surface area (Å²) in [5.41, 5.74) is -1.17. The summed E-state index contributed by atoms with van der Waals surface area (Å²) in [6.45, 7) is 18.7. The summed E-state index contributed by atoms with van der Waals surface area (Å²) < 4.78 is 0. The molecular formula is C30H52O5. The summed E-state index contributed by atoms with van der Waals surface area (Å²) in [4.78, 5) is 0. The van der Waals surface area contributed by atoms with Crippen LogP contribution in [0.3, 0.4) is 0 Å². The van der Waals surface area contributed by atoms with Gasteiger partial charge in [0.05, 0.1) is 30.0 Å². The zero-order valence-electron chi connectivity index (χ0n) is 23.2. The summed E-state index contributed by atoms with van der Waals surface area (Å²) in [7, 11) is 0. The quantitative estimate of drug-likeness (QED) is 0.365. The fourth-order valence-corrected chi connectivity index (χ4v) is 10.5. The zero-order chi connectivity index (χ0) is 26.4. The van der Waals surface area contributed by atoms with Gasteiger partial charge in [-0.3, -0.25) is 0 Å². The van der Waals surface area contributed by atoms with Crippen molar-refractivity contribution in [1.29, 1.82) is 0 Å². The van der Waals surface area contributed by atoms with Crippen LogP contribution in [0.4, 0.5) is 0 Å². The van der Waals surface area contributed by atoms with E-state index < -0.39 is 30.0 Å². The van der Waals surface area contributed by atoms with Crippen molar-refractivity contribution in [3.63, 3.8) is 0 Å². The van der Waals surface area contributed by atoms with Gasteiger partial charge in [0.1, 0.15) is 0 Å². The maximum Gasteiger partial charge on any atom is 0.0745 e. The summed E-state index contributed by atoms with van der Waals surface area (Å²) in [5.74, 6) is 0.147. The van der Waals surface area contributed by atoms with Crippen LogP contribution >= 0.6 is 0 Å². The third-order valence-electron chi connectivity index (χ3n) is 12.5. The van der Waals surface area contributed by atoms with Crippen molar-refractivity contribution in [3.05, 3.63) is 12.2 Å². The summed E-state index contributed by atoms with van der Waals surface area (Å²) in [6, 6.07) is 0. The summed E-state index contributed by atoms with van der Waals surface area (Å²) in [6.07, 6.45) is 3.62. The van der Waals surface area contributed by atoms with Gasteiger partial charge >= 0.3 is 0 Å². The first-order valence-corrected chi connectivity index (χ1v) is 14.0. The van der Waals surface area contributed by atoms with E-state index in [0.29, 0.717) is 31.3 Å². The lowest BCUT2D eigenvalue weighted by molar-refractivity contribution is -0.274. The van der Waals surface area contributed by atoms with E-state index in [1.54, 1.807) is 0 Å². The van der Waals surface area contributed by atoms with Crippen molar-refractivity contribution in [2.45, 2.75) is 130 Å². The third-order valence-corrected chi connectivity index (χ3v) is 12.5. The molecule has 0 radical (unpaired) electrons. The van der Waals surface area contributed by atoms with Crippen LogP contribution in [0, 0.1) is 45.3 Å². The average molecular weight is 493 g/mol. The second-order valence-electron chi connectivity index (χ2n) is 14.8. The molecule has 4 rings (SSSR count). The van der Waals surface area contributed by atoms with Gasteiger partial charge in [0.15, 0.2) is 0 Å². The van der Waals surface area contributed by atoms with Crippen LogP contribution in [-0.2, 0) is 0 Å². The minimum Gasteiger partial charge on any atom is -0.393 e. The van der Waals surface area contributed by atoms with Gasteiger partial charge in [0.25, 0.3) is 0 Å². The van der Waals surface area contributed by atoms with Crippen LogP contribution < -0.4 is 0 Å². The van der Waals surface area contributed by atoms with Gasteiger partial charge in [-0.15, -0.1) is 0 Å².